The smallest absolute Gasteiger partial charge is 0.140 e. The number of rotatable bonds is 4. The molecule has 0 N–H and O–H groups in total. The van der Waals surface area contributed by atoms with E-state index in [0.717, 1.165) is 35.2 Å². The van der Waals surface area contributed by atoms with Crippen molar-refractivity contribution in [2.75, 3.05) is 0 Å². The van der Waals surface area contributed by atoms with Crippen molar-refractivity contribution in [1.82, 2.24) is 4.98 Å². The molecule has 0 spiro atoms. The van der Waals surface area contributed by atoms with E-state index in [2.05, 4.69) is 11.6 Å². The zero-order chi connectivity index (χ0) is 16.4. The summed E-state index contributed by atoms with van der Waals surface area (Å²) in [5.74, 6) is 0.146. The third-order valence-corrected chi connectivity index (χ3v) is 4.92. The topological polar surface area (TPSA) is 30.0 Å². The highest BCUT2D eigenvalue weighted by Gasteiger charge is 2.28. The van der Waals surface area contributed by atoms with E-state index in [1.807, 2.05) is 18.2 Å². The molecule has 1 heterocycles. The van der Waals surface area contributed by atoms with Gasteiger partial charge in [0.25, 0.3) is 0 Å². The van der Waals surface area contributed by atoms with Crippen LogP contribution in [0.15, 0.2) is 43.1 Å². The van der Waals surface area contributed by atoms with Gasteiger partial charge >= 0.3 is 0 Å². The van der Waals surface area contributed by atoms with Gasteiger partial charge in [0.2, 0.25) is 0 Å². The lowest BCUT2D eigenvalue weighted by atomic mass is 9.80. The molecule has 1 aromatic carbocycles. The number of ketones is 1. The van der Waals surface area contributed by atoms with Crippen LogP contribution in [0.25, 0.3) is 5.57 Å². The molecule has 1 aliphatic carbocycles. The summed E-state index contributed by atoms with van der Waals surface area (Å²) < 4.78 is 0. The Morgan fingerprint density at radius 3 is 2.91 bits per heavy atom. The largest absolute Gasteiger partial charge is 0.299 e. The number of halogens is 2. The molecule has 0 aliphatic heterocycles. The Kier molecular flexibility index (Phi) is 4.84. The van der Waals surface area contributed by atoms with Crippen molar-refractivity contribution in [2.45, 2.75) is 31.6 Å². The third kappa shape index (κ3) is 3.49. The van der Waals surface area contributed by atoms with Crippen LogP contribution >= 0.6 is 23.2 Å². The maximum absolute atomic E-state index is 12.7. The molecule has 1 unspecified atom stereocenters. The first-order valence-electron chi connectivity index (χ1n) is 7.66. The molecule has 2 aromatic rings. The second kappa shape index (κ2) is 6.86. The fourth-order valence-corrected chi connectivity index (χ4v) is 3.58. The Balaban J connectivity index is 1.74. The van der Waals surface area contributed by atoms with Gasteiger partial charge < -0.3 is 0 Å². The molecular formula is C19H17Cl2NO. The minimum absolute atomic E-state index is 0.0877. The first-order chi connectivity index (χ1) is 11.1. The minimum Gasteiger partial charge on any atom is -0.299 e. The number of allylic oxidation sites excluding steroid dienone is 1. The van der Waals surface area contributed by atoms with Gasteiger partial charge in [0.1, 0.15) is 5.78 Å². The highest BCUT2D eigenvalue weighted by molar-refractivity contribution is 6.35. The van der Waals surface area contributed by atoms with Gasteiger partial charge in [0.05, 0.1) is 5.69 Å². The second-order valence-electron chi connectivity index (χ2n) is 5.84. The van der Waals surface area contributed by atoms with Crippen LogP contribution in [0, 0.1) is 0 Å². The number of pyridine rings is 1. The SMILES string of the molecule is C=C1CCC(C(=O)CCc2ccc(Cl)cc2Cl)c2cccnc21. The third-order valence-electron chi connectivity index (χ3n) is 4.33. The Hall–Kier alpha value is -1.64. The number of fused-ring (bicyclic) bond motifs is 1. The van der Waals surface area contributed by atoms with Gasteiger partial charge in [0.15, 0.2) is 0 Å². The van der Waals surface area contributed by atoms with E-state index in [9.17, 15) is 4.79 Å². The number of aromatic nitrogens is 1. The standard InChI is InChI=1S/C19H17Cl2NO/c1-12-4-8-15(16-3-2-10-22-19(12)16)18(23)9-6-13-5-7-14(20)11-17(13)21/h2-3,5,7,10-11,15H,1,4,6,8-9H2. The van der Waals surface area contributed by atoms with Crippen molar-refractivity contribution >= 4 is 34.6 Å². The zero-order valence-corrected chi connectivity index (χ0v) is 14.2. The van der Waals surface area contributed by atoms with E-state index < -0.39 is 0 Å². The van der Waals surface area contributed by atoms with E-state index in [1.54, 1.807) is 18.3 Å². The highest BCUT2D eigenvalue weighted by Crippen LogP contribution is 2.37. The monoisotopic (exact) mass is 345 g/mol. The van der Waals surface area contributed by atoms with Crippen LogP contribution in [0.5, 0.6) is 0 Å². The van der Waals surface area contributed by atoms with E-state index in [0.29, 0.717) is 22.9 Å². The van der Waals surface area contributed by atoms with E-state index in [4.69, 9.17) is 23.2 Å². The summed E-state index contributed by atoms with van der Waals surface area (Å²) in [5, 5.41) is 1.22. The summed E-state index contributed by atoms with van der Waals surface area (Å²) in [6.45, 7) is 4.06. The van der Waals surface area contributed by atoms with E-state index >= 15 is 0 Å². The van der Waals surface area contributed by atoms with Gasteiger partial charge in [-0.05, 0) is 54.2 Å². The fourth-order valence-electron chi connectivity index (χ4n) is 3.08. The van der Waals surface area contributed by atoms with Crippen molar-refractivity contribution < 1.29 is 4.79 Å². The molecule has 1 aliphatic rings. The van der Waals surface area contributed by atoms with Crippen LogP contribution in [-0.4, -0.2) is 10.8 Å². The van der Waals surface area contributed by atoms with Gasteiger partial charge in [-0.1, -0.05) is 41.9 Å². The molecule has 0 radical (unpaired) electrons. The summed E-state index contributed by atoms with van der Waals surface area (Å²) in [6.07, 6.45) is 4.48. The molecule has 0 bridgehead atoms. The Morgan fingerprint density at radius 2 is 2.13 bits per heavy atom. The molecule has 118 valence electrons. The summed E-state index contributed by atoms with van der Waals surface area (Å²) in [6, 6.07) is 9.28. The van der Waals surface area contributed by atoms with Gasteiger partial charge in [-0.15, -0.1) is 0 Å². The molecule has 1 aromatic heterocycles. The van der Waals surface area contributed by atoms with Gasteiger partial charge in [-0.2, -0.15) is 0 Å². The number of carbonyl (C=O) groups is 1. The second-order valence-corrected chi connectivity index (χ2v) is 6.68. The summed E-state index contributed by atoms with van der Waals surface area (Å²) in [5.41, 5.74) is 3.87. The van der Waals surface area contributed by atoms with Crippen LogP contribution in [-0.2, 0) is 11.2 Å². The number of benzene rings is 1. The molecule has 23 heavy (non-hydrogen) atoms. The average Bonchev–Trinajstić information content (AvgIpc) is 2.54. The van der Waals surface area contributed by atoms with Crippen LogP contribution < -0.4 is 0 Å². The molecule has 1 atom stereocenters. The molecule has 4 heteroatoms. The Morgan fingerprint density at radius 1 is 1.30 bits per heavy atom. The lowest BCUT2D eigenvalue weighted by molar-refractivity contribution is -0.120. The van der Waals surface area contributed by atoms with Gasteiger partial charge in [0, 0.05) is 28.6 Å². The lowest BCUT2D eigenvalue weighted by Gasteiger charge is -2.25. The zero-order valence-electron chi connectivity index (χ0n) is 12.7. The van der Waals surface area contributed by atoms with Crippen LogP contribution in [0.2, 0.25) is 10.0 Å². The summed E-state index contributed by atoms with van der Waals surface area (Å²) >= 11 is 12.1. The normalized spacial score (nSPS) is 17.0. The number of carbonyl (C=O) groups excluding carboxylic acids is 1. The fraction of sp³-hybridized carbons (Fsp3) is 0.263. The summed E-state index contributed by atoms with van der Waals surface area (Å²) in [7, 11) is 0. The Labute approximate surface area is 146 Å². The predicted molar refractivity (Wildman–Crippen MR) is 95.0 cm³/mol. The average molecular weight is 346 g/mol. The number of Topliss-reactive ketones (excluding diaryl/α,β-unsaturated/α-hetero) is 1. The van der Waals surface area contributed by atoms with Crippen molar-refractivity contribution in [3.05, 3.63) is 70.0 Å². The first-order valence-corrected chi connectivity index (χ1v) is 8.41. The number of nitrogens with zero attached hydrogens (tertiary/aromatic N) is 1. The number of hydrogen-bond donors (Lipinski definition) is 0. The van der Waals surface area contributed by atoms with Crippen molar-refractivity contribution in [1.29, 1.82) is 0 Å². The molecule has 3 rings (SSSR count). The molecule has 0 saturated carbocycles. The Bertz CT molecular complexity index is 770. The maximum atomic E-state index is 12.7. The predicted octanol–water partition coefficient (Wildman–Crippen LogP) is 5.48. The molecular weight excluding hydrogens is 329 g/mol. The lowest BCUT2D eigenvalue weighted by Crippen LogP contribution is -2.19. The van der Waals surface area contributed by atoms with Gasteiger partial charge in [-0.25, -0.2) is 0 Å². The van der Waals surface area contributed by atoms with E-state index in [1.165, 1.54) is 0 Å². The van der Waals surface area contributed by atoms with Gasteiger partial charge in [-0.3, -0.25) is 9.78 Å². The molecule has 0 saturated heterocycles. The minimum atomic E-state index is -0.0877. The van der Waals surface area contributed by atoms with E-state index in [-0.39, 0.29) is 11.7 Å². The maximum Gasteiger partial charge on any atom is 0.140 e. The first kappa shape index (κ1) is 16.2. The van der Waals surface area contributed by atoms with Crippen molar-refractivity contribution in [3.8, 4) is 0 Å². The van der Waals surface area contributed by atoms with Crippen molar-refractivity contribution in [3.63, 3.8) is 0 Å². The van der Waals surface area contributed by atoms with Crippen LogP contribution in [0.1, 0.15) is 42.0 Å². The molecule has 0 fully saturated rings. The quantitative estimate of drug-likeness (QED) is 0.734. The summed E-state index contributed by atoms with van der Waals surface area (Å²) in [4.78, 5) is 17.1. The van der Waals surface area contributed by atoms with Crippen molar-refractivity contribution in [2.24, 2.45) is 0 Å². The highest BCUT2D eigenvalue weighted by atomic mass is 35.5. The number of hydrogen-bond acceptors (Lipinski definition) is 2. The van der Waals surface area contributed by atoms with Crippen LogP contribution in [0.3, 0.4) is 0 Å². The number of aryl methyl sites for hydroxylation is 1. The van der Waals surface area contributed by atoms with Crippen LogP contribution in [0.4, 0.5) is 0 Å². The molecule has 2 nitrogen and oxygen atoms in total. The molecule has 0 amide bonds.